The summed E-state index contributed by atoms with van der Waals surface area (Å²) in [6.07, 6.45) is 8.04. The van der Waals surface area contributed by atoms with Crippen molar-refractivity contribution in [1.29, 1.82) is 0 Å². The summed E-state index contributed by atoms with van der Waals surface area (Å²) >= 11 is 0. The lowest BCUT2D eigenvalue weighted by atomic mass is 10.0. The van der Waals surface area contributed by atoms with E-state index in [9.17, 15) is 0 Å². The van der Waals surface area contributed by atoms with E-state index in [4.69, 9.17) is 4.52 Å². The molecular weight excluding hydrogens is 176 g/mol. The molecule has 1 aromatic rings. The first-order valence-corrected chi connectivity index (χ1v) is 5.15. The molecule has 1 aliphatic carbocycles. The molecule has 0 spiro atoms. The van der Waals surface area contributed by atoms with Gasteiger partial charge in [-0.1, -0.05) is 17.3 Å². The Balaban J connectivity index is 1.79. The van der Waals surface area contributed by atoms with Crippen LogP contribution < -0.4 is 5.32 Å². The van der Waals surface area contributed by atoms with Gasteiger partial charge in [0.2, 0.25) is 0 Å². The first-order chi connectivity index (χ1) is 6.84. The van der Waals surface area contributed by atoms with Crippen LogP contribution in [0.4, 0.5) is 0 Å². The van der Waals surface area contributed by atoms with Crippen LogP contribution in [0.2, 0.25) is 0 Å². The molecular formula is C11H16N2O. The number of aryl methyl sites for hydroxylation is 1. The van der Waals surface area contributed by atoms with E-state index in [1.165, 1.54) is 12.8 Å². The number of allylic oxidation sites excluding steroid dienone is 1. The highest BCUT2D eigenvalue weighted by atomic mass is 16.5. The first kappa shape index (κ1) is 9.46. The third-order valence-corrected chi connectivity index (χ3v) is 2.51. The van der Waals surface area contributed by atoms with Crippen molar-refractivity contribution in [3.63, 3.8) is 0 Å². The van der Waals surface area contributed by atoms with Crippen molar-refractivity contribution < 1.29 is 4.52 Å². The Hall–Kier alpha value is -1.09. The smallest absolute Gasteiger partial charge is 0.150 e. The molecule has 0 amide bonds. The lowest BCUT2D eigenvalue weighted by Crippen LogP contribution is -2.28. The average Bonchev–Trinajstić information content (AvgIpc) is 2.63. The molecule has 1 aromatic heterocycles. The molecule has 0 bridgehead atoms. The fraction of sp³-hybridized carbons (Fsp3) is 0.545. The quantitative estimate of drug-likeness (QED) is 0.746. The van der Waals surface area contributed by atoms with E-state index in [1.54, 1.807) is 0 Å². The van der Waals surface area contributed by atoms with Crippen molar-refractivity contribution >= 4 is 0 Å². The molecule has 1 unspecified atom stereocenters. The number of rotatable bonds is 3. The normalized spacial score (nSPS) is 21.4. The van der Waals surface area contributed by atoms with Gasteiger partial charge in [-0.15, -0.1) is 0 Å². The molecule has 3 heteroatoms. The summed E-state index contributed by atoms with van der Waals surface area (Å²) in [5.74, 6) is 0.928. The van der Waals surface area contributed by atoms with Crippen LogP contribution in [0.15, 0.2) is 22.7 Å². The summed E-state index contributed by atoms with van der Waals surface area (Å²) in [6, 6.07) is 2.58. The van der Waals surface area contributed by atoms with Crippen LogP contribution in [-0.4, -0.2) is 11.2 Å². The molecule has 0 saturated heterocycles. The largest absolute Gasteiger partial charge is 0.360 e. The van der Waals surface area contributed by atoms with Gasteiger partial charge in [0, 0.05) is 12.1 Å². The second-order valence-electron chi connectivity index (χ2n) is 3.80. The Morgan fingerprint density at radius 1 is 1.57 bits per heavy atom. The van der Waals surface area contributed by atoms with E-state index in [2.05, 4.69) is 22.6 Å². The van der Waals surface area contributed by atoms with E-state index < -0.39 is 0 Å². The maximum atomic E-state index is 5.12. The van der Waals surface area contributed by atoms with Gasteiger partial charge in [-0.05, 0) is 26.2 Å². The summed E-state index contributed by atoms with van der Waals surface area (Å²) in [5.41, 5.74) is 0.949. The monoisotopic (exact) mass is 192 g/mol. The summed E-state index contributed by atoms with van der Waals surface area (Å²) in [4.78, 5) is 0. The van der Waals surface area contributed by atoms with Crippen molar-refractivity contribution in [3.05, 3.63) is 29.7 Å². The van der Waals surface area contributed by atoms with Crippen LogP contribution in [0.1, 0.15) is 30.7 Å². The molecule has 0 aromatic carbocycles. The zero-order valence-corrected chi connectivity index (χ0v) is 8.49. The number of hydrogen-bond donors (Lipinski definition) is 1. The molecule has 1 N–H and O–H groups in total. The summed E-state index contributed by atoms with van der Waals surface area (Å²) in [7, 11) is 0. The van der Waals surface area contributed by atoms with Gasteiger partial charge in [-0.2, -0.15) is 0 Å². The molecule has 1 aliphatic rings. The van der Waals surface area contributed by atoms with Crippen LogP contribution in [0, 0.1) is 6.92 Å². The second-order valence-corrected chi connectivity index (χ2v) is 3.80. The predicted octanol–water partition coefficient (Wildman–Crippen LogP) is 2.18. The van der Waals surface area contributed by atoms with Crippen molar-refractivity contribution in [2.45, 2.75) is 38.8 Å². The molecule has 1 heterocycles. The van der Waals surface area contributed by atoms with Gasteiger partial charge in [0.1, 0.15) is 0 Å². The average molecular weight is 192 g/mol. The second kappa shape index (κ2) is 4.42. The number of nitrogens with one attached hydrogen (secondary N) is 1. The van der Waals surface area contributed by atoms with Gasteiger partial charge >= 0.3 is 0 Å². The van der Waals surface area contributed by atoms with Gasteiger partial charge in [-0.25, -0.2) is 0 Å². The lowest BCUT2D eigenvalue weighted by molar-refractivity contribution is 0.355. The summed E-state index contributed by atoms with van der Waals surface area (Å²) in [5, 5.41) is 7.32. The van der Waals surface area contributed by atoms with E-state index in [1.807, 2.05) is 13.0 Å². The van der Waals surface area contributed by atoms with E-state index in [-0.39, 0.29) is 0 Å². The predicted molar refractivity (Wildman–Crippen MR) is 54.9 cm³/mol. The molecule has 0 radical (unpaired) electrons. The van der Waals surface area contributed by atoms with Crippen LogP contribution in [0.5, 0.6) is 0 Å². The zero-order chi connectivity index (χ0) is 9.80. The minimum Gasteiger partial charge on any atom is -0.360 e. The molecule has 0 aliphatic heterocycles. The molecule has 1 atom stereocenters. The van der Waals surface area contributed by atoms with Gasteiger partial charge < -0.3 is 9.84 Å². The van der Waals surface area contributed by atoms with Crippen LogP contribution in [0.25, 0.3) is 0 Å². The Bertz CT molecular complexity index is 317. The van der Waals surface area contributed by atoms with Gasteiger partial charge in [0.15, 0.2) is 5.76 Å². The number of aromatic nitrogens is 1. The molecule has 76 valence electrons. The van der Waals surface area contributed by atoms with Crippen LogP contribution in [0.3, 0.4) is 0 Å². The van der Waals surface area contributed by atoms with Gasteiger partial charge in [-0.3, -0.25) is 0 Å². The molecule has 3 nitrogen and oxygen atoms in total. The third kappa shape index (κ3) is 2.45. The highest BCUT2D eigenvalue weighted by Crippen LogP contribution is 2.11. The van der Waals surface area contributed by atoms with Crippen molar-refractivity contribution in [3.8, 4) is 0 Å². The van der Waals surface area contributed by atoms with Gasteiger partial charge in [0.05, 0.1) is 12.2 Å². The Labute approximate surface area is 84.2 Å². The van der Waals surface area contributed by atoms with Crippen LogP contribution in [-0.2, 0) is 6.54 Å². The van der Waals surface area contributed by atoms with E-state index in [0.29, 0.717) is 6.04 Å². The number of hydrogen-bond acceptors (Lipinski definition) is 3. The van der Waals surface area contributed by atoms with E-state index in [0.717, 1.165) is 24.4 Å². The maximum Gasteiger partial charge on any atom is 0.150 e. The molecule has 0 fully saturated rings. The Morgan fingerprint density at radius 2 is 2.50 bits per heavy atom. The fourth-order valence-corrected chi connectivity index (χ4v) is 1.72. The minimum atomic E-state index is 0.602. The summed E-state index contributed by atoms with van der Waals surface area (Å²) < 4.78 is 5.12. The standard InChI is InChI=1S/C11H16N2O/c1-9-7-11(14-13-9)8-12-10-5-3-2-4-6-10/h2-3,7,10,12H,4-6,8H2,1H3. The highest BCUT2D eigenvalue weighted by Gasteiger charge is 2.09. The first-order valence-electron chi connectivity index (χ1n) is 5.15. The lowest BCUT2D eigenvalue weighted by Gasteiger charge is -2.18. The Kier molecular flexibility index (Phi) is 2.99. The van der Waals surface area contributed by atoms with Crippen molar-refractivity contribution in [2.75, 3.05) is 0 Å². The SMILES string of the molecule is Cc1cc(CNC2CC=CCC2)on1. The number of nitrogens with zero attached hydrogens (tertiary/aromatic N) is 1. The zero-order valence-electron chi connectivity index (χ0n) is 8.49. The van der Waals surface area contributed by atoms with Crippen LogP contribution >= 0.6 is 0 Å². The molecule has 2 rings (SSSR count). The van der Waals surface area contributed by atoms with E-state index >= 15 is 0 Å². The fourth-order valence-electron chi connectivity index (χ4n) is 1.72. The topological polar surface area (TPSA) is 38.1 Å². The van der Waals surface area contributed by atoms with Crippen molar-refractivity contribution in [1.82, 2.24) is 10.5 Å². The third-order valence-electron chi connectivity index (χ3n) is 2.51. The molecule has 14 heavy (non-hydrogen) atoms. The van der Waals surface area contributed by atoms with Gasteiger partial charge in [0.25, 0.3) is 0 Å². The highest BCUT2D eigenvalue weighted by molar-refractivity contribution is 5.03. The summed E-state index contributed by atoms with van der Waals surface area (Å²) in [6.45, 7) is 2.73. The minimum absolute atomic E-state index is 0.602. The maximum absolute atomic E-state index is 5.12. The van der Waals surface area contributed by atoms with Crippen molar-refractivity contribution in [2.24, 2.45) is 0 Å². The molecule has 0 saturated carbocycles. The Morgan fingerprint density at radius 3 is 3.14 bits per heavy atom.